The van der Waals surface area contributed by atoms with Crippen molar-refractivity contribution in [1.29, 1.82) is 0 Å². The Bertz CT molecular complexity index is 575. The number of rotatable bonds is 3. The summed E-state index contributed by atoms with van der Waals surface area (Å²) in [4.78, 5) is 23.5. The zero-order valence-electron chi connectivity index (χ0n) is 12.0. The zero-order valence-corrected chi connectivity index (χ0v) is 12.0. The summed E-state index contributed by atoms with van der Waals surface area (Å²) >= 11 is 0. The molecular weight excluding hydrogens is 299 g/mol. The molecule has 0 unspecified atom stereocenters. The Kier molecular flexibility index (Phi) is 5.20. The Morgan fingerprint density at radius 3 is 2.45 bits per heavy atom. The van der Waals surface area contributed by atoms with Gasteiger partial charge in [0.2, 0.25) is 5.91 Å². The lowest BCUT2D eigenvalue weighted by molar-refractivity contribution is -0.138. The van der Waals surface area contributed by atoms with E-state index in [1.165, 1.54) is 0 Å². The first kappa shape index (κ1) is 16.5. The van der Waals surface area contributed by atoms with Crippen LogP contribution in [0.4, 0.5) is 13.2 Å². The number of hydrogen-bond acceptors (Lipinski definition) is 3. The molecule has 1 aromatic heterocycles. The average Bonchev–Trinajstić information content (AvgIpc) is 2.68. The minimum atomic E-state index is -4.62. The van der Waals surface area contributed by atoms with Crippen molar-refractivity contribution in [1.82, 2.24) is 15.1 Å². The smallest absolute Gasteiger partial charge is 0.352 e. The molecule has 0 radical (unpaired) electrons. The first-order valence-electron chi connectivity index (χ1n) is 7.30. The van der Waals surface area contributed by atoms with Crippen molar-refractivity contribution >= 4 is 5.91 Å². The third kappa shape index (κ3) is 4.57. The molecule has 1 fully saturated rings. The summed E-state index contributed by atoms with van der Waals surface area (Å²) in [7, 11) is 0. The van der Waals surface area contributed by atoms with Gasteiger partial charge in [-0.05, 0) is 12.8 Å². The second-order valence-electron chi connectivity index (χ2n) is 5.49. The molecule has 0 aliphatic heterocycles. The molecule has 0 aromatic carbocycles. The number of alkyl halides is 3. The maximum Gasteiger partial charge on any atom is 0.418 e. The van der Waals surface area contributed by atoms with Gasteiger partial charge in [0.15, 0.2) is 0 Å². The minimum Gasteiger partial charge on any atom is -0.352 e. The predicted octanol–water partition coefficient (Wildman–Crippen LogP) is 2.10. The first-order chi connectivity index (χ1) is 10.4. The Labute approximate surface area is 125 Å². The molecule has 122 valence electrons. The van der Waals surface area contributed by atoms with Crippen molar-refractivity contribution < 1.29 is 18.0 Å². The van der Waals surface area contributed by atoms with Crippen LogP contribution in [0.25, 0.3) is 0 Å². The molecule has 1 N–H and O–H groups in total. The van der Waals surface area contributed by atoms with Gasteiger partial charge in [0.25, 0.3) is 5.56 Å². The molecule has 0 atom stereocenters. The molecular formula is C14H18F3N3O2. The molecule has 0 saturated heterocycles. The lowest BCUT2D eigenvalue weighted by Crippen LogP contribution is -2.39. The predicted molar refractivity (Wildman–Crippen MR) is 73.1 cm³/mol. The number of aromatic nitrogens is 2. The van der Waals surface area contributed by atoms with Crippen LogP contribution < -0.4 is 10.9 Å². The number of halogens is 3. The van der Waals surface area contributed by atoms with Crippen molar-refractivity contribution in [3.05, 3.63) is 28.2 Å². The van der Waals surface area contributed by atoms with E-state index in [9.17, 15) is 22.8 Å². The summed E-state index contributed by atoms with van der Waals surface area (Å²) in [6.07, 6.45) is 2.10. The summed E-state index contributed by atoms with van der Waals surface area (Å²) < 4.78 is 38.1. The van der Waals surface area contributed by atoms with Crippen LogP contribution in [0, 0.1) is 0 Å². The highest BCUT2D eigenvalue weighted by Gasteiger charge is 2.31. The van der Waals surface area contributed by atoms with Crippen molar-refractivity contribution in [2.24, 2.45) is 0 Å². The van der Waals surface area contributed by atoms with E-state index in [0.29, 0.717) is 12.3 Å². The second kappa shape index (κ2) is 6.93. The third-order valence-electron chi connectivity index (χ3n) is 3.71. The van der Waals surface area contributed by atoms with Gasteiger partial charge in [-0.2, -0.15) is 18.3 Å². The molecule has 0 bridgehead atoms. The van der Waals surface area contributed by atoms with E-state index in [-0.39, 0.29) is 12.6 Å². The summed E-state index contributed by atoms with van der Waals surface area (Å²) in [5.41, 5.74) is -2.05. The van der Waals surface area contributed by atoms with Gasteiger partial charge in [0, 0.05) is 12.1 Å². The van der Waals surface area contributed by atoms with Gasteiger partial charge in [-0.25, -0.2) is 4.68 Å². The highest BCUT2D eigenvalue weighted by Crippen LogP contribution is 2.27. The fourth-order valence-electron chi connectivity index (χ4n) is 2.54. The van der Waals surface area contributed by atoms with Gasteiger partial charge >= 0.3 is 6.18 Å². The largest absolute Gasteiger partial charge is 0.418 e. The van der Waals surface area contributed by atoms with Crippen molar-refractivity contribution in [3.63, 3.8) is 0 Å². The van der Waals surface area contributed by atoms with Crippen LogP contribution in [0.5, 0.6) is 0 Å². The Hall–Kier alpha value is -1.86. The van der Waals surface area contributed by atoms with Crippen LogP contribution in [0.1, 0.15) is 44.1 Å². The number of carbonyl (C=O) groups excluding carboxylic acids is 1. The van der Waals surface area contributed by atoms with Crippen LogP contribution in [0.3, 0.4) is 0 Å². The monoisotopic (exact) mass is 317 g/mol. The Morgan fingerprint density at radius 1 is 1.27 bits per heavy atom. The number of carbonyl (C=O) groups is 1. The summed E-state index contributed by atoms with van der Waals surface area (Å²) in [6, 6.07) is 0.520. The molecule has 2 rings (SSSR count). The van der Waals surface area contributed by atoms with Crippen LogP contribution in [0.15, 0.2) is 17.1 Å². The van der Waals surface area contributed by atoms with E-state index in [1.54, 1.807) is 0 Å². The molecule has 0 spiro atoms. The maximum atomic E-state index is 12.4. The van der Waals surface area contributed by atoms with Crippen LogP contribution >= 0.6 is 0 Å². The van der Waals surface area contributed by atoms with E-state index in [1.807, 2.05) is 0 Å². The summed E-state index contributed by atoms with van der Waals surface area (Å²) in [5.74, 6) is -0.402. The van der Waals surface area contributed by atoms with Crippen LogP contribution in [-0.2, 0) is 17.5 Å². The summed E-state index contributed by atoms with van der Waals surface area (Å²) in [5, 5.41) is 6.24. The van der Waals surface area contributed by atoms with Gasteiger partial charge in [-0.15, -0.1) is 0 Å². The number of nitrogens with zero attached hydrogens (tertiary/aromatic N) is 2. The highest BCUT2D eigenvalue weighted by atomic mass is 19.4. The number of hydrogen-bond donors (Lipinski definition) is 1. The number of amides is 1. The minimum absolute atomic E-state index is 0.0696. The topological polar surface area (TPSA) is 64.0 Å². The first-order valence-corrected chi connectivity index (χ1v) is 7.30. The normalized spacial score (nSPS) is 17.0. The molecule has 1 heterocycles. The maximum absolute atomic E-state index is 12.4. The SMILES string of the molecule is O=C(Cn1ncc(C(F)(F)F)cc1=O)NC1CCCCCC1. The van der Waals surface area contributed by atoms with E-state index in [2.05, 4.69) is 10.4 Å². The molecule has 1 aromatic rings. The van der Waals surface area contributed by atoms with E-state index in [4.69, 9.17) is 0 Å². The highest BCUT2D eigenvalue weighted by molar-refractivity contribution is 5.75. The van der Waals surface area contributed by atoms with Crippen molar-refractivity contribution in [2.45, 2.75) is 57.3 Å². The molecule has 1 aliphatic rings. The molecule has 22 heavy (non-hydrogen) atoms. The average molecular weight is 317 g/mol. The van der Waals surface area contributed by atoms with E-state index < -0.39 is 23.2 Å². The lowest BCUT2D eigenvalue weighted by atomic mass is 10.1. The van der Waals surface area contributed by atoms with Crippen molar-refractivity contribution in [2.75, 3.05) is 0 Å². The van der Waals surface area contributed by atoms with Crippen LogP contribution in [-0.4, -0.2) is 21.7 Å². The molecule has 1 amide bonds. The van der Waals surface area contributed by atoms with E-state index >= 15 is 0 Å². The Morgan fingerprint density at radius 2 is 1.91 bits per heavy atom. The zero-order chi connectivity index (χ0) is 16.2. The van der Waals surface area contributed by atoms with Crippen LogP contribution in [0.2, 0.25) is 0 Å². The summed E-state index contributed by atoms with van der Waals surface area (Å²) in [6.45, 7) is -0.368. The standard InChI is InChI=1S/C14H18F3N3O2/c15-14(16,17)10-7-13(22)20(18-8-10)9-12(21)19-11-5-3-1-2-4-6-11/h7-8,11H,1-6,9H2,(H,19,21). The Balaban J connectivity index is 1.98. The van der Waals surface area contributed by atoms with Gasteiger partial charge in [0.1, 0.15) is 6.54 Å². The molecule has 8 heteroatoms. The fraction of sp³-hybridized carbons (Fsp3) is 0.643. The van der Waals surface area contributed by atoms with Gasteiger partial charge < -0.3 is 5.32 Å². The second-order valence-corrected chi connectivity index (χ2v) is 5.49. The fourth-order valence-corrected chi connectivity index (χ4v) is 2.54. The molecule has 1 saturated carbocycles. The lowest BCUT2D eigenvalue weighted by Gasteiger charge is -2.16. The quantitative estimate of drug-likeness (QED) is 0.868. The van der Waals surface area contributed by atoms with Gasteiger partial charge in [-0.1, -0.05) is 25.7 Å². The van der Waals surface area contributed by atoms with Gasteiger partial charge in [0.05, 0.1) is 11.8 Å². The molecule has 5 nitrogen and oxygen atoms in total. The molecule has 1 aliphatic carbocycles. The third-order valence-corrected chi connectivity index (χ3v) is 3.71. The van der Waals surface area contributed by atoms with Gasteiger partial charge in [-0.3, -0.25) is 9.59 Å². The number of nitrogens with one attached hydrogen (secondary N) is 1. The van der Waals surface area contributed by atoms with E-state index in [0.717, 1.165) is 43.2 Å². The van der Waals surface area contributed by atoms with Crippen molar-refractivity contribution in [3.8, 4) is 0 Å².